The van der Waals surface area contributed by atoms with Gasteiger partial charge in [-0.05, 0) is 34.4 Å². The van der Waals surface area contributed by atoms with Gasteiger partial charge in [0, 0.05) is 5.92 Å². The number of hydrogen-bond donors (Lipinski definition) is 2. The van der Waals surface area contributed by atoms with Gasteiger partial charge in [0.2, 0.25) is 0 Å². The Labute approximate surface area is 167 Å². The van der Waals surface area contributed by atoms with Crippen molar-refractivity contribution < 1.29 is 24.2 Å². The summed E-state index contributed by atoms with van der Waals surface area (Å²) in [4.78, 5) is 24.4. The van der Waals surface area contributed by atoms with Crippen LogP contribution in [0.5, 0.6) is 5.75 Å². The van der Waals surface area contributed by atoms with Gasteiger partial charge in [0.15, 0.2) is 0 Å². The maximum atomic E-state index is 12.8. The number of esters is 1. The van der Waals surface area contributed by atoms with Crippen molar-refractivity contribution in [2.75, 3.05) is 19.5 Å². The van der Waals surface area contributed by atoms with Crippen LogP contribution in [0.1, 0.15) is 37.8 Å². The number of carboxylic acid groups (broad SMARTS) is 1. The molecular formula is C23H19NO5. The van der Waals surface area contributed by atoms with Crippen LogP contribution in [-0.4, -0.2) is 30.8 Å². The molecule has 0 spiro atoms. The molecule has 3 aromatic rings. The Morgan fingerprint density at radius 3 is 2.10 bits per heavy atom. The molecule has 6 heteroatoms. The molecule has 0 amide bonds. The molecule has 4 rings (SSSR count). The lowest BCUT2D eigenvalue weighted by Gasteiger charge is -2.16. The van der Waals surface area contributed by atoms with Crippen LogP contribution in [0.3, 0.4) is 0 Å². The third-order valence-electron chi connectivity index (χ3n) is 5.20. The number of aromatic carboxylic acids is 1. The summed E-state index contributed by atoms with van der Waals surface area (Å²) in [5.41, 5.74) is 9.86. The maximum absolute atomic E-state index is 12.8. The van der Waals surface area contributed by atoms with Gasteiger partial charge in [0.1, 0.15) is 17.9 Å². The largest absolute Gasteiger partial charge is 0.495 e. The van der Waals surface area contributed by atoms with E-state index in [1.54, 1.807) is 0 Å². The fourth-order valence-corrected chi connectivity index (χ4v) is 3.85. The molecule has 0 saturated carbocycles. The quantitative estimate of drug-likeness (QED) is 0.506. The summed E-state index contributed by atoms with van der Waals surface area (Å²) in [6, 6.07) is 18.6. The highest BCUT2D eigenvalue weighted by atomic mass is 16.5. The minimum atomic E-state index is -1.26. The van der Waals surface area contributed by atoms with Gasteiger partial charge >= 0.3 is 11.9 Å². The zero-order chi connectivity index (χ0) is 20.5. The van der Waals surface area contributed by atoms with Crippen LogP contribution in [0, 0.1) is 0 Å². The fraction of sp³-hybridized carbons (Fsp3) is 0.130. The Morgan fingerprint density at radius 1 is 0.966 bits per heavy atom. The van der Waals surface area contributed by atoms with Crippen LogP contribution in [-0.2, 0) is 4.74 Å². The van der Waals surface area contributed by atoms with Crippen molar-refractivity contribution in [3.05, 3.63) is 82.9 Å². The van der Waals surface area contributed by atoms with Crippen molar-refractivity contribution >= 4 is 17.6 Å². The predicted octanol–water partition coefficient (Wildman–Crippen LogP) is 3.94. The summed E-state index contributed by atoms with van der Waals surface area (Å²) in [6.45, 7) is 0.0720. The van der Waals surface area contributed by atoms with E-state index >= 15 is 0 Å². The number of benzene rings is 3. The smallest absolute Gasteiger partial charge is 0.341 e. The Morgan fingerprint density at radius 2 is 1.55 bits per heavy atom. The number of methoxy groups -OCH3 is 1. The van der Waals surface area contributed by atoms with Crippen LogP contribution in [0.15, 0.2) is 60.7 Å². The van der Waals surface area contributed by atoms with Gasteiger partial charge in [-0.2, -0.15) is 0 Å². The number of nitrogen functional groups attached to an aromatic ring is 1. The van der Waals surface area contributed by atoms with E-state index in [0.29, 0.717) is 0 Å². The minimum Gasteiger partial charge on any atom is -0.495 e. The molecule has 0 atom stereocenters. The summed E-state index contributed by atoms with van der Waals surface area (Å²) in [5.74, 6) is -1.96. The molecule has 3 aromatic carbocycles. The summed E-state index contributed by atoms with van der Waals surface area (Å²) in [6.07, 6.45) is 0. The van der Waals surface area contributed by atoms with Gasteiger partial charge in [-0.1, -0.05) is 48.5 Å². The predicted molar refractivity (Wildman–Crippen MR) is 108 cm³/mol. The van der Waals surface area contributed by atoms with E-state index < -0.39 is 11.9 Å². The SMILES string of the molecule is COc1ccc(C(=O)O)c(C(=O)OCC2c3ccccc3-c3ccccc32)c1N. The number of ether oxygens (including phenoxy) is 2. The van der Waals surface area contributed by atoms with E-state index in [2.05, 4.69) is 0 Å². The topological polar surface area (TPSA) is 98.8 Å². The lowest BCUT2D eigenvalue weighted by atomic mass is 9.98. The highest BCUT2D eigenvalue weighted by Gasteiger charge is 2.30. The van der Waals surface area contributed by atoms with Crippen molar-refractivity contribution in [3.8, 4) is 16.9 Å². The molecule has 1 aliphatic carbocycles. The zero-order valence-electron chi connectivity index (χ0n) is 15.7. The number of carboxylic acids is 1. The van der Waals surface area contributed by atoms with Gasteiger partial charge in [-0.15, -0.1) is 0 Å². The zero-order valence-corrected chi connectivity index (χ0v) is 15.7. The first kappa shape index (κ1) is 18.6. The monoisotopic (exact) mass is 389 g/mol. The van der Waals surface area contributed by atoms with Gasteiger partial charge in [-0.3, -0.25) is 0 Å². The summed E-state index contributed by atoms with van der Waals surface area (Å²) < 4.78 is 10.7. The van der Waals surface area contributed by atoms with E-state index in [4.69, 9.17) is 15.2 Å². The number of carbonyl (C=O) groups excluding carboxylic acids is 1. The van der Waals surface area contributed by atoms with Gasteiger partial charge in [0.25, 0.3) is 0 Å². The second kappa shape index (κ2) is 7.31. The van der Waals surface area contributed by atoms with Crippen molar-refractivity contribution in [2.24, 2.45) is 0 Å². The van der Waals surface area contributed by atoms with Gasteiger partial charge in [-0.25, -0.2) is 9.59 Å². The van der Waals surface area contributed by atoms with Crippen molar-refractivity contribution in [3.63, 3.8) is 0 Å². The maximum Gasteiger partial charge on any atom is 0.341 e. The van der Waals surface area contributed by atoms with E-state index in [0.717, 1.165) is 22.3 Å². The first-order chi connectivity index (χ1) is 14.0. The molecule has 29 heavy (non-hydrogen) atoms. The molecule has 0 unspecified atom stereocenters. The lowest BCUT2D eigenvalue weighted by Crippen LogP contribution is -2.18. The van der Waals surface area contributed by atoms with Crippen LogP contribution < -0.4 is 10.5 Å². The number of carbonyl (C=O) groups is 2. The first-order valence-electron chi connectivity index (χ1n) is 9.08. The first-order valence-corrected chi connectivity index (χ1v) is 9.08. The molecule has 1 aliphatic rings. The van der Waals surface area contributed by atoms with Crippen molar-refractivity contribution in [1.82, 2.24) is 0 Å². The number of hydrogen-bond acceptors (Lipinski definition) is 5. The molecule has 3 N–H and O–H groups in total. The van der Waals surface area contributed by atoms with Crippen molar-refractivity contribution in [2.45, 2.75) is 5.92 Å². The van der Waals surface area contributed by atoms with E-state index in [1.165, 1.54) is 19.2 Å². The average molecular weight is 389 g/mol. The second-order valence-electron chi connectivity index (χ2n) is 6.73. The summed E-state index contributed by atoms with van der Waals surface area (Å²) in [5, 5.41) is 9.44. The fourth-order valence-electron chi connectivity index (χ4n) is 3.85. The van der Waals surface area contributed by atoms with E-state index in [-0.39, 0.29) is 35.1 Å². The number of fused-ring (bicyclic) bond motifs is 3. The van der Waals surface area contributed by atoms with E-state index in [1.807, 2.05) is 48.5 Å². The molecule has 0 aromatic heterocycles. The Balaban J connectivity index is 1.66. The Hall–Kier alpha value is -3.80. The van der Waals surface area contributed by atoms with Crippen molar-refractivity contribution in [1.29, 1.82) is 0 Å². The van der Waals surface area contributed by atoms with Crippen LogP contribution >= 0.6 is 0 Å². The second-order valence-corrected chi connectivity index (χ2v) is 6.73. The van der Waals surface area contributed by atoms with Gasteiger partial charge in [0.05, 0.1) is 18.4 Å². The molecule has 6 nitrogen and oxygen atoms in total. The molecule has 0 bridgehead atoms. The van der Waals surface area contributed by atoms with Crippen LogP contribution in [0.4, 0.5) is 5.69 Å². The third-order valence-corrected chi connectivity index (χ3v) is 5.20. The molecule has 0 radical (unpaired) electrons. The third kappa shape index (κ3) is 3.08. The lowest BCUT2D eigenvalue weighted by molar-refractivity contribution is 0.0484. The normalized spacial score (nSPS) is 12.2. The number of nitrogens with two attached hydrogens (primary N) is 1. The van der Waals surface area contributed by atoms with Crippen LogP contribution in [0.2, 0.25) is 0 Å². The minimum absolute atomic E-state index is 0.0513. The summed E-state index contributed by atoms with van der Waals surface area (Å²) in [7, 11) is 1.40. The standard InChI is InChI=1S/C23H19NO5/c1-28-19-11-10-17(22(25)26)20(21(19)24)23(27)29-12-18-15-8-4-2-6-13(15)14-7-3-5-9-16(14)18/h2-11,18H,12,24H2,1H3,(H,25,26). The van der Waals surface area contributed by atoms with Gasteiger partial charge < -0.3 is 20.3 Å². The van der Waals surface area contributed by atoms with Crippen LogP contribution in [0.25, 0.3) is 11.1 Å². The Bertz CT molecular complexity index is 1080. The number of rotatable bonds is 5. The molecule has 146 valence electrons. The molecule has 0 saturated heterocycles. The molecule has 0 aliphatic heterocycles. The highest BCUT2D eigenvalue weighted by molar-refractivity contribution is 6.07. The van der Waals surface area contributed by atoms with E-state index in [9.17, 15) is 14.7 Å². The number of anilines is 1. The average Bonchev–Trinajstić information content (AvgIpc) is 3.05. The Kier molecular flexibility index (Phi) is 4.68. The molecule has 0 fully saturated rings. The highest BCUT2D eigenvalue weighted by Crippen LogP contribution is 2.44. The molecule has 0 heterocycles. The molecular weight excluding hydrogens is 370 g/mol. The summed E-state index contributed by atoms with van der Waals surface area (Å²) >= 11 is 0.